The van der Waals surface area contributed by atoms with Gasteiger partial charge in [-0.2, -0.15) is 9.78 Å². The van der Waals surface area contributed by atoms with Crippen molar-refractivity contribution >= 4 is 28.5 Å². The van der Waals surface area contributed by atoms with Gasteiger partial charge in [0.1, 0.15) is 5.60 Å². The van der Waals surface area contributed by atoms with Crippen LogP contribution >= 0.6 is 0 Å². The molecule has 2 amide bonds. The Kier molecular flexibility index (Phi) is 5.08. The number of piperidine rings is 1. The molecule has 0 atom stereocenters. The van der Waals surface area contributed by atoms with E-state index in [4.69, 9.17) is 11.3 Å². The van der Waals surface area contributed by atoms with Crippen molar-refractivity contribution in [2.24, 2.45) is 0 Å². The van der Waals surface area contributed by atoms with E-state index in [1.807, 2.05) is 57.3 Å². The first kappa shape index (κ1) is 22.0. The molecular formula is C26H27N5O3. The zero-order valence-corrected chi connectivity index (χ0v) is 19.6. The number of benzene rings is 2. The summed E-state index contributed by atoms with van der Waals surface area (Å²) in [6.07, 6.45) is 5.03. The van der Waals surface area contributed by atoms with Crippen molar-refractivity contribution < 1.29 is 14.3 Å². The smallest absolute Gasteiger partial charge is 0.410 e. The fourth-order valence-electron chi connectivity index (χ4n) is 4.77. The topological polar surface area (TPSA) is 80.8 Å². The van der Waals surface area contributed by atoms with E-state index < -0.39 is 11.3 Å². The van der Waals surface area contributed by atoms with Crippen LogP contribution in [0.1, 0.15) is 55.1 Å². The summed E-state index contributed by atoms with van der Waals surface area (Å²) in [5.74, 6) is -0.0673. The molecule has 1 N–H and O–H groups in total. The van der Waals surface area contributed by atoms with Crippen molar-refractivity contribution in [3.63, 3.8) is 0 Å². The predicted octanol–water partition coefficient (Wildman–Crippen LogP) is 4.80. The largest absolute Gasteiger partial charge is 0.444 e. The summed E-state index contributed by atoms with van der Waals surface area (Å²) in [5, 5.41) is 9.48. The van der Waals surface area contributed by atoms with Gasteiger partial charge in [0.2, 0.25) is 0 Å². The highest BCUT2D eigenvalue weighted by Gasteiger charge is 2.45. The average Bonchev–Trinajstić information content (AvgIpc) is 3.40. The van der Waals surface area contributed by atoms with Gasteiger partial charge in [0.25, 0.3) is 5.91 Å². The normalized spacial score (nSPS) is 16.9. The molecule has 1 fully saturated rings. The molecule has 8 heteroatoms. The summed E-state index contributed by atoms with van der Waals surface area (Å²) in [7, 11) is 0. The van der Waals surface area contributed by atoms with Crippen LogP contribution in [0.15, 0.2) is 42.7 Å². The number of likely N-dealkylation sites (tertiary alicyclic amines) is 1. The van der Waals surface area contributed by atoms with Crippen LogP contribution in [0.25, 0.3) is 15.6 Å². The number of hydrogen-bond donors (Lipinski definition) is 1. The predicted molar refractivity (Wildman–Crippen MR) is 129 cm³/mol. The molecule has 1 saturated heterocycles. The van der Waals surface area contributed by atoms with Gasteiger partial charge in [-0.05, 0) is 49.4 Å². The minimum Gasteiger partial charge on any atom is -0.444 e. The third kappa shape index (κ3) is 3.77. The van der Waals surface area contributed by atoms with Gasteiger partial charge in [-0.1, -0.05) is 18.2 Å². The van der Waals surface area contributed by atoms with E-state index in [1.165, 1.54) is 0 Å². The van der Waals surface area contributed by atoms with Gasteiger partial charge in [0.15, 0.2) is 0 Å². The van der Waals surface area contributed by atoms with Crippen LogP contribution in [0.4, 0.5) is 10.5 Å². The SMILES string of the molecule is [C-]#[N+]C1(n2cc(Cc3ccc4c5c(cccc35)C(=O)N4)cn2)CCN(C(=O)OC(C)(C)C)CC1. The third-order valence-electron chi connectivity index (χ3n) is 6.50. The molecule has 2 aromatic carbocycles. The van der Waals surface area contributed by atoms with E-state index in [0.717, 1.165) is 27.6 Å². The summed E-state index contributed by atoms with van der Waals surface area (Å²) >= 11 is 0. The highest BCUT2D eigenvalue weighted by atomic mass is 16.6. The fraction of sp³-hybridized carbons (Fsp3) is 0.385. The Bertz CT molecular complexity index is 1340. The van der Waals surface area contributed by atoms with Gasteiger partial charge in [0.05, 0.1) is 19.0 Å². The van der Waals surface area contributed by atoms with Gasteiger partial charge in [0, 0.05) is 42.3 Å². The van der Waals surface area contributed by atoms with E-state index in [9.17, 15) is 9.59 Å². The quantitative estimate of drug-likeness (QED) is 0.573. The fourth-order valence-corrected chi connectivity index (χ4v) is 4.77. The van der Waals surface area contributed by atoms with Gasteiger partial charge in [-0.25, -0.2) is 11.4 Å². The Labute approximate surface area is 198 Å². The molecule has 0 bridgehead atoms. The number of hydrogen-bond acceptors (Lipinski definition) is 4. The lowest BCUT2D eigenvalue weighted by atomic mass is 9.96. The molecule has 0 saturated carbocycles. The minimum atomic E-state index is -0.810. The third-order valence-corrected chi connectivity index (χ3v) is 6.50. The van der Waals surface area contributed by atoms with Crippen LogP contribution in [-0.2, 0) is 16.8 Å². The first-order chi connectivity index (χ1) is 16.2. The lowest BCUT2D eigenvalue weighted by molar-refractivity contribution is 0.0141. The van der Waals surface area contributed by atoms with Crippen LogP contribution in [0.3, 0.4) is 0 Å². The second-order valence-electron chi connectivity index (χ2n) is 9.99. The summed E-state index contributed by atoms with van der Waals surface area (Å²) in [5.41, 5.74) is 2.29. The standard InChI is InChI=1S/C26H27N5O3/c1-25(2,3)34-24(33)30-12-10-26(27-4,11-13-30)31-16-17(15-28-31)14-18-8-9-21-22-19(18)6-5-7-20(22)23(32)29-21/h5-9,15-16H,10-14H2,1-3H3,(H,29,32). The molecule has 0 spiro atoms. The van der Waals surface area contributed by atoms with E-state index in [0.29, 0.717) is 37.9 Å². The maximum Gasteiger partial charge on any atom is 0.410 e. The molecule has 0 unspecified atom stereocenters. The number of nitrogens with zero attached hydrogens (tertiary/aromatic N) is 4. The van der Waals surface area contributed by atoms with Gasteiger partial charge >= 0.3 is 11.8 Å². The second kappa shape index (κ2) is 7.87. The number of aromatic nitrogens is 2. The zero-order valence-electron chi connectivity index (χ0n) is 19.6. The van der Waals surface area contributed by atoms with Gasteiger partial charge in [-0.3, -0.25) is 9.64 Å². The molecular weight excluding hydrogens is 430 g/mol. The van der Waals surface area contributed by atoms with E-state index in [-0.39, 0.29) is 12.0 Å². The maximum absolute atomic E-state index is 12.4. The summed E-state index contributed by atoms with van der Waals surface area (Å²) in [6, 6.07) is 9.78. The van der Waals surface area contributed by atoms with Gasteiger partial charge < -0.3 is 15.0 Å². The van der Waals surface area contributed by atoms with E-state index in [2.05, 4.69) is 15.3 Å². The summed E-state index contributed by atoms with van der Waals surface area (Å²) < 4.78 is 7.24. The van der Waals surface area contributed by atoms with E-state index in [1.54, 1.807) is 15.8 Å². The highest BCUT2D eigenvalue weighted by Crippen LogP contribution is 2.36. The van der Waals surface area contributed by atoms with Crippen molar-refractivity contribution in [1.82, 2.24) is 14.7 Å². The Morgan fingerprint density at radius 3 is 2.71 bits per heavy atom. The van der Waals surface area contributed by atoms with Crippen molar-refractivity contribution in [3.8, 4) is 0 Å². The molecule has 2 aliphatic rings. The molecule has 8 nitrogen and oxygen atoms in total. The molecule has 174 valence electrons. The molecule has 3 heterocycles. The van der Waals surface area contributed by atoms with Crippen LogP contribution in [0, 0.1) is 6.57 Å². The number of rotatable bonds is 3. The Balaban J connectivity index is 1.35. The van der Waals surface area contributed by atoms with Crippen molar-refractivity contribution in [1.29, 1.82) is 0 Å². The minimum absolute atomic E-state index is 0.0673. The van der Waals surface area contributed by atoms with Crippen molar-refractivity contribution in [3.05, 3.63) is 70.8 Å². The Morgan fingerprint density at radius 1 is 1.24 bits per heavy atom. The number of carbonyl (C=O) groups is 2. The molecule has 5 rings (SSSR count). The molecule has 2 aliphatic heterocycles. The molecule has 3 aromatic rings. The zero-order chi connectivity index (χ0) is 24.1. The van der Waals surface area contributed by atoms with Crippen LogP contribution in [0.2, 0.25) is 0 Å². The Morgan fingerprint density at radius 2 is 2.00 bits per heavy atom. The number of anilines is 1. The number of amides is 2. The summed E-state index contributed by atoms with van der Waals surface area (Å²) in [6.45, 7) is 14.3. The van der Waals surface area contributed by atoms with Gasteiger partial charge in [-0.15, -0.1) is 0 Å². The highest BCUT2D eigenvalue weighted by molar-refractivity contribution is 6.24. The van der Waals surface area contributed by atoms with E-state index >= 15 is 0 Å². The van der Waals surface area contributed by atoms with Crippen molar-refractivity contribution in [2.45, 2.75) is 51.3 Å². The van der Waals surface area contributed by atoms with Crippen LogP contribution in [0.5, 0.6) is 0 Å². The molecule has 0 aliphatic carbocycles. The summed E-state index contributed by atoms with van der Waals surface area (Å²) in [4.78, 5) is 30.2. The van der Waals surface area contributed by atoms with Crippen LogP contribution in [-0.4, -0.2) is 45.4 Å². The molecule has 0 radical (unpaired) electrons. The number of nitrogens with one attached hydrogen (secondary N) is 1. The lowest BCUT2D eigenvalue weighted by Gasteiger charge is -2.34. The number of carbonyl (C=O) groups excluding carboxylic acids is 2. The van der Waals surface area contributed by atoms with Crippen molar-refractivity contribution in [2.75, 3.05) is 18.4 Å². The number of ether oxygens (including phenoxy) is 1. The molecule has 34 heavy (non-hydrogen) atoms. The average molecular weight is 458 g/mol. The monoisotopic (exact) mass is 457 g/mol. The first-order valence-corrected chi connectivity index (χ1v) is 11.5. The second-order valence-corrected chi connectivity index (χ2v) is 9.99. The van der Waals surface area contributed by atoms with Crippen LogP contribution < -0.4 is 5.32 Å². The molecule has 1 aromatic heterocycles. The first-order valence-electron chi connectivity index (χ1n) is 11.5. The Hall–Kier alpha value is -3.86. The maximum atomic E-state index is 12.4. The lowest BCUT2D eigenvalue weighted by Crippen LogP contribution is -2.48.